The van der Waals surface area contributed by atoms with Crippen LogP contribution in [0.2, 0.25) is 0 Å². The summed E-state index contributed by atoms with van der Waals surface area (Å²) < 4.78 is 6.81. The second-order valence-electron chi connectivity index (χ2n) is 3.45. The van der Waals surface area contributed by atoms with Crippen LogP contribution in [0.5, 0.6) is 5.75 Å². The van der Waals surface area contributed by atoms with Crippen LogP contribution in [0.25, 0.3) is 5.65 Å². The number of pyridine rings is 1. The molecule has 15 heavy (non-hydrogen) atoms. The van der Waals surface area contributed by atoms with Gasteiger partial charge in [-0.15, -0.1) is 0 Å². The maximum Gasteiger partial charge on any atom is 0.179 e. The molecule has 0 spiro atoms. The third-order valence-corrected chi connectivity index (χ3v) is 2.29. The Bertz CT molecular complexity index is 451. The number of rotatable bonds is 4. The van der Waals surface area contributed by atoms with Crippen molar-refractivity contribution in [3.8, 4) is 5.75 Å². The fraction of sp³-hybridized carbons (Fsp3) is 0.364. The smallest absolute Gasteiger partial charge is 0.179 e. The summed E-state index contributed by atoms with van der Waals surface area (Å²) in [5, 5.41) is 9.55. The zero-order valence-corrected chi connectivity index (χ0v) is 8.68. The van der Waals surface area contributed by atoms with Gasteiger partial charge < -0.3 is 14.2 Å². The minimum atomic E-state index is 0.218. The van der Waals surface area contributed by atoms with Crippen LogP contribution in [0.15, 0.2) is 24.5 Å². The molecule has 0 saturated carbocycles. The van der Waals surface area contributed by atoms with Crippen molar-refractivity contribution in [1.82, 2.24) is 9.38 Å². The Hall–Kier alpha value is -1.55. The number of methoxy groups -OCH3 is 1. The number of aromatic nitrogens is 2. The molecule has 0 fully saturated rings. The van der Waals surface area contributed by atoms with Gasteiger partial charge in [0.15, 0.2) is 11.4 Å². The van der Waals surface area contributed by atoms with Crippen LogP contribution >= 0.6 is 0 Å². The van der Waals surface area contributed by atoms with E-state index in [0.29, 0.717) is 5.65 Å². The SMILES string of the molecule is COCCCc1cn2cccc(O)c2n1. The van der Waals surface area contributed by atoms with Crippen molar-refractivity contribution in [3.05, 3.63) is 30.2 Å². The molecule has 1 N–H and O–H groups in total. The Morgan fingerprint density at radius 1 is 1.53 bits per heavy atom. The largest absolute Gasteiger partial charge is 0.504 e. The highest BCUT2D eigenvalue weighted by Crippen LogP contribution is 2.17. The van der Waals surface area contributed by atoms with Crippen LogP contribution in [0.1, 0.15) is 12.1 Å². The Balaban J connectivity index is 2.20. The second kappa shape index (κ2) is 4.31. The van der Waals surface area contributed by atoms with Gasteiger partial charge in [-0.3, -0.25) is 0 Å². The average molecular weight is 206 g/mol. The molecule has 4 nitrogen and oxygen atoms in total. The van der Waals surface area contributed by atoms with Gasteiger partial charge in [0.1, 0.15) is 0 Å². The van der Waals surface area contributed by atoms with Crippen molar-refractivity contribution < 1.29 is 9.84 Å². The minimum absolute atomic E-state index is 0.218. The molecule has 0 aromatic carbocycles. The second-order valence-corrected chi connectivity index (χ2v) is 3.45. The molecular formula is C11H14N2O2. The lowest BCUT2D eigenvalue weighted by atomic mass is 10.3. The average Bonchev–Trinajstić information content (AvgIpc) is 2.63. The molecule has 0 aliphatic carbocycles. The summed E-state index contributed by atoms with van der Waals surface area (Å²) in [5.74, 6) is 0.218. The molecule has 0 aliphatic rings. The lowest BCUT2D eigenvalue weighted by molar-refractivity contribution is 0.195. The van der Waals surface area contributed by atoms with E-state index in [1.165, 1.54) is 0 Å². The Kier molecular flexibility index (Phi) is 2.87. The maximum absolute atomic E-state index is 9.55. The van der Waals surface area contributed by atoms with Gasteiger partial charge in [-0.05, 0) is 25.0 Å². The van der Waals surface area contributed by atoms with Crippen LogP contribution in [0.3, 0.4) is 0 Å². The van der Waals surface area contributed by atoms with E-state index in [1.54, 1.807) is 19.2 Å². The highest BCUT2D eigenvalue weighted by Gasteiger charge is 2.04. The van der Waals surface area contributed by atoms with Gasteiger partial charge in [0, 0.05) is 26.1 Å². The van der Waals surface area contributed by atoms with E-state index in [1.807, 2.05) is 16.8 Å². The molecule has 2 rings (SSSR count). The molecule has 0 atom stereocenters. The molecule has 4 heteroatoms. The molecule has 0 unspecified atom stereocenters. The maximum atomic E-state index is 9.55. The van der Waals surface area contributed by atoms with Gasteiger partial charge in [0.05, 0.1) is 5.69 Å². The Morgan fingerprint density at radius 3 is 3.13 bits per heavy atom. The van der Waals surface area contributed by atoms with E-state index < -0.39 is 0 Å². The van der Waals surface area contributed by atoms with E-state index in [4.69, 9.17) is 4.74 Å². The summed E-state index contributed by atoms with van der Waals surface area (Å²) in [6.45, 7) is 0.736. The summed E-state index contributed by atoms with van der Waals surface area (Å²) >= 11 is 0. The quantitative estimate of drug-likeness (QED) is 0.773. The molecule has 0 saturated heterocycles. The number of ether oxygens (including phenoxy) is 1. The van der Waals surface area contributed by atoms with Crippen LogP contribution in [-0.2, 0) is 11.2 Å². The minimum Gasteiger partial charge on any atom is -0.504 e. The van der Waals surface area contributed by atoms with Gasteiger partial charge in [0.25, 0.3) is 0 Å². The molecular weight excluding hydrogens is 192 g/mol. The first-order chi connectivity index (χ1) is 7.31. The Morgan fingerprint density at radius 2 is 2.40 bits per heavy atom. The molecule has 0 aliphatic heterocycles. The van der Waals surface area contributed by atoms with Gasteiger partial charge in [0.2, 0.25) is 0 Å². The Labute approximate surface area is 88.1 Å². The first kappa shape index (κ1) is 9.98. The molecule has 0 amide bonds. The predicted octanol–water partition coefficient (Wildman–Crippen LogP) is 1.62. The zero-order valence-electron chi connectivity index (χ0n) is 8.68. The van der Waals surface area contributed by atoms with Crippen LogP contribution in [0.4, 0.5) is 0 Å². The number of aryl methyl sites for hydroxylation is 1. The first-order valence-electron chi connectivity index (χ1n) is 4.96. The molecule has 2 heterocycles. The van der Waals surface area contributed by atoms with Crippen molar-refractivity contribution >= 4 is 5.65 Å². The lowest BCUT2D eigenvalue weighted by Crippen LogP contribution is -1.92. The van der Waals surface area contributed by atoms with Gasteiger partial charge in [-0.1, -0.05) is 0 Å². The summed E-state index contributed by atoms with van der Waals surface area (Å²) in [5.41, 5.74) is 1.60. The van der Waals surface area contributed by atoms with E-state index in [2.05, 4.69) is 4.98 Å². The van der Waals surface area contributed by atoms with E-state index >= 15 is 0 Å². The molecule has 0 radical (unpaired) electrons. The highest BCUT2D eigenvalue weighted by atomic mass is 16.5. The fourth-order valence-electron chi connectivity index (χ4n) is 1.57. The van der Waals surface area contributed by atoms with Crippen molar-refractivity contribution in [2.24, 2.45) is 0 Å². The van der Waals surface area contributed by atoms with E-state index in [-0.39, 0.29) is 5.75 Å². The third-order valence-electron chi connectivity index (χ3n) is 2.29. The molecule has 2 aromatic heterocycles. The lowest BCUT2D eigenvalue weighted by Gasteiger charge is -1.94. The topological polar surface area (TPSA) is 46.8 Å². The number of hydrogen-bond donors (Lipinski definition) is 1. The summed E-state index contributed by atoms with van der Waals surface area (Å²) in [7, 11) is 1.69. The third kappa shape index (κ3) is 2.10. The summed E-state index contributed by atoms with van der Waals surface area (Å²) in [4.78, 5) is 4.34. The summed E-state index contributed by atoms with van der Waals surface area (Å²) in [6.07, 6.45) is 5.63. The van der Waals surface area contributed by atoms with E-state index in [0.717, 1.165) is 25.1 Å². The standard InChI is InChI=1S/C11H14N2O2/c1-15-7-3-4-9-8-13-6-2-5-10(14)11(13)12-9/h2,5-6,8,14H,3-4,7H2,1H3. The predicted molar refractivity (Wildman–Crippen MR) is 57.1 cm³/mol. The number of aromatic hydroxyl groups is 1. The first-order valence-corrected chi connectivity index (χ1v) is 4.96. The van der Waals surface area contributed by atoms with Gasteiger partial charge >= 0.3 is 0 Å². The van der Waals surface area contributed by atoms with Crippen molar-refractivity contribution in [2.75, 3.05) is 13.7 Å². The fourth-order valence-corrected chi connectivity index (χ4v) is 1.57. The van der Waals surface area contributed by atoms with Crippen LogP contribution in [0, 0.1) is 0 Å². The van der Waals surface area contributed by atoms with Crippen molar-refractivity contribution in [2.45, 2.75) is 12.8 Å². The normalized spacial score (nSPS) is 11.0. The van der Waals surface area contributed by atoms with Crippen LogP contribution < -0.4 is 0 Å². The molecule has 2 aromatic rings. The van der Waals surface area contributed by atoms with E-state index in [9.17, 15) is 5.11 Å². The number of fused-ring (bicyclic) bond motifs is 1. The molecule has 0 bridgehead atoms. The zero-order chi connectivity index (χ0) is 10.7. The summed E-state index contributed by atoms with van der Waals surface area (Å²) in [6, 6.07) is 3.43. The number of nitrogens with zero attached hydrogens (tertiary/aromatic N) is 2. The monoisotopic (exact) mass is 206 g/mol. The number of hydrogen-bond acceptors (Lipinski definition) is 3. The highest BCUT2D eigenvalue weighted by molar-refractivity contribution is 5.53. The number of imidazole rings is 1. The van der Waals surface area contributed by atoms with Gasteiger partial charge in [-0.25, -0.2) is 4.98 Å². The van der Waals surface area contributed by atoms with Crippen molar-refractivity contribution in [3.63, 3.8) is 0 Å². The van der Waals surface area contributed by atoms with Crippen molar-refractivity contribution in [1.29, 1.82) is 0 Å². The van der Waals surface area contributed by atoms with Gasteiger partial charge in [-0.2, -0.15) is 0 Å². The molecule has 80 valence electrons. The van der Waals surface area contributed by atoms with Crippen LogP contribution in [-0.4, -0.2) is 28.2 Å².